The molecule has 1 aromatic heterocycles. The number of carbonyl (C=O) groups is 1. The van der Waals surface area contributed by atoms with Crippen molar-refractivity contribution in [2.45, 2.75) is 13.5 Å². The molecule has 1 N–H and O–H groups in total. The summed E-state index contributed by atoms with van der Waals surface area (Å²) in [7, 11) is 4.49. The van der Waals surface area contributed by atoms with E-state index in [1.165, 1.54) is 27.5 Å². The minimum absolute atomic E-state index is 0.329. The molecule has 3 rings (SSSR count). The fourth-order valence-electron chi connectivity index (χ4n) is 2.95. The third-order valence-corrected chi connectivity index (χ3v) is 4.27. The number of hydrazone groups is 1. The Hall–Kier alpha value is -3.55. The molecule has 0 unspecified atom stereocenters. The quantitative estimate of drug-likeness (QED) is 0.502. The number of methoxy groups -OCH3 is 3. The molecule has 0 atom stereocenters. The first-order valence-electron chi connectivity index (χ1n) is 8.71. The van der Waals surface area contributed by atoms with Gasteiger partial charge in [0.05, 0.1) is 38.6 Å². The molecular weight excluding hydrogens is 360 g/mol. The Labute approximate surface area is 162 Å². The van der Waals surface area contributed by atoms with E-state index < -0.39 is 5.91 Å². The number of hydrogen-bond donors (Lipinski definition) is 1. The lowest BCUT2D eigenvalue weighted by Gasteiger charge is -2.13. The van der Waals surface area contributed by atoms with Gasteiger partial charge in [-0.1, -0.05) is 12.1 Å². The lowest BCUT2D eigenvalue weighted by Crippen LogP contribution is -2.18. The first-order chi connectivity index (χ1) is 13.6. The Bertz CT molecular complexity index is 1000. The summed E-state index contributed by atoms with van der Waals surface area (Å²) in [6.07, 6.45) is 1.53. The van der Waals surface area contributed by atoms with Crippen molar-refractivity contribution < 1.29 is 19.0 Å². The number of aryl methyl sites for hydroxylation is 1. The zero-order valence-corrected chi connectivity index (χ0v) is 16.2. The van der Waals surface area contributed by atoms with Crippen molar-refractivity contribution in [1.82, 2.24) is 15.0 Å². The second kappa shape index (κ2) is 8.43. The van der Waals surface area contributed by atoms with Crippen LogP contribution >= 0.6 is 0 Å². The molecule has 28 heavy (non-hydrogen) atoms. The summed E-state index contributed by atoms with van der Waals surface area (Å²) in [5.74, 6) is 1.46. The molecule has 2 aromatic carbocycles. The number of rotatable bonds is 7. The van der Waals surface area contributed by atoms with Gasteiger partial charge < -0.3 is 18.8 Å². The molecule has 3 aromatic rings. The lowest BCUT2D eigenvalue weighted by atomic mass is 10.1. The molecule has 0 aliphatic rings. The topological polar surface area (TPSA) is 87.0 Å². The molecule has 0 bridgehead atoms. The number of nitrogens with zero attached hydrogens (tertiary/aromatic N) is 3. The largest absolute Gasteiger partial charge is 0.493 e. The number of nitrogens with one attached hydrogen (secondary N) is 1. The molecule has 0 saturated heterocycles. The maximum Gasteiger partial charge on any atom is 0.271 e. The van der Waals surface area contributed by atoms with E-state index in [9.17, 15) is 4.79 Å². The minimum Gasteiger partial charge on any atom is -0.493 e. The Morgan fingerprint density at radius 3 is 2.43 bits per heavy atom. The monoisotopic (exact) mass is 382 g/mol. The van der Waals surface area contributed by atoms with Crippen LogP contribution < -0.4 is 19.6 Å². The minimum atomic E-state index is -0.408. The zero-order chi connectivity index (χ0) is 20.1. The highest BCUT2D eigenvalue weighted by atomic mass is 16.5. The van der Waals surface area contributed by atoms with Crippen molar-refractivity contribution in [3.05, 3.63) is 47.8 Å². The van der Waals surface area contributed by atoms with Crippen molar-refractivity contribution >= 4 is 23.2 Å². The molecule has 1 heterocycles. The van der Waals surface area contributed by atoms with Crippen LogP contribution in [0.1, 0.15) is 23.1 Å². The highest BCUT2D eigenvalue weighted by Gasteiger charge is 2.16. The van der Waals surface area contributed by atoms with Crippen LogP contribution in [0.3, 0.4) is 0 Å². The van der Waals surface area contributed by atoms with Gasteiger partial charge in [0.1, 0.15) is 0 Å². The predicted octanol–water partition coefficient (Wildman–Crippen LogP) is 2.85. The van der Waals surface area contributed by atoms with Gasteiger partial charge in [0.2, 0.25) is 5.75 Å². The fourth-order valence-corrected chi connectivity index (χ4v) is 2.95. The van der Waals surface area contributed by atoms with Crippen LogP contribution in [0.25, 0.3) is 11.0 Å². The van der Waals surface area contributed by atoms with Crippen LogP contribution in [0.5, 0.6) is 17.2 Å². The lowest BCUT2D eigenvalue weighted by molar-refractivity contribution is 0.0954. The van der Waals surface area contributed by atoms with Crippen LogP contribution in [-0.2, 0) is 6.54 Å². The third-order valence-electron chi connectivity index (χ3n) is 4.27. The molecule has 8 nitrogen and oxygen atoms in total. The summed E-state index contributed by atoms with van der Waals surface area (Å²) in [6.45, 7) is 2.77. The Kier molecular flexibility index (Phi) is 5.78. The SMILES string of the molecule is CCn1c(/C=N\NC(=O)c2cc(OC)c(OC)c(OC)c2)nc2ccccc21. The predicted molar refractivity (Wildman–Crippen MR) is 107 cm³/mol. The molecular formula is C20H22N4O4. The summed E-state index contributed by atoms with van der Waals surface area (Å²) in [6, 6.07) is 11.0. The van der Waals surface area contributed by atoms with Crippen LogP contribution in [0.15, 0.2) is 41.5 Å². The first kappa shape index (κ1) is 19.2. The third kappa shape index (κ3) is 3.62. The average molecular weight is 382 g/mol. The molecule has 8 heteroatoms. The maximum absolute atomic E-state index is 12.5. The van der Waals surface area contributed by atoms with Gasteiger partial charge in [-0.15, -0.1) is 0 Å². The molecule has 0 saturated carbocycles. The summed E-state index contributed by atoms with van der Waals surface area (Å²) < 4.78 is 17.8. The van der Waals surface area contributed by atoms with Crippen molar-refractivity contribution in [2.75, 3.05) is 21.3 Å². The van der Waals surface area contributed by atoms with Crippen molar-refractivity contribution in [1.29, 1.82) is 0 Å². The number of carbonyl (C=O) groups excluding carboxylic acids is 1. The van der Waals surface area contributed by atoms with Crippen LogP contribution in [-0.4, -0.2) is 43.0 Å². The molecule has 0 radical (unpaired) electrons. The van der Waals surface area contributed by atoms with Crippen LogP contribution in [0.4, 0.5) is 0 Å². The molecule has 0 aliphatic carbocycles. The van der Waals surface area contributed by atoms with Crippen molar-refractivity contribution in [3.8, 4) is 17.2 Å². The fraction of sp³-hybridized carbons (Fsp3) is 0.250. The standard InChI is InChI=1S/C20H22N4O4/c1-5-24-15-9-7-6-8-14(15)22-18(24)12-21-23-20(25)13-10-16(26-2)19(28-4)17(11-13)27-3/h6-12H,5H2,1-4H3,(H,23,25)/b21-12-. The number of para-hydroxylation sites is 2. The Morgan fingerprint density at radius 1 is 1.14 bits per heavy atom. The van der Waals surface area contributed by atoms with Crippen molar-refractivity contribution in [2.24, 2.45) is 5.10 Å². The van der Waals surface area contributed by atoms with Gasteiger partial charge in [0, 0.05) is 12.1 Å². The number of benzene rings is 2. The molecule has 146 valence electrons. The van der Waals surface area contributed by atoms with Gasteiger partial charge in [-0.05, 0) is 31.2 Å². The number of hydrogen-bond acceptors (Lipinski definition) is 6. The highest BCUT2D eigenvalue weighted by molar-refractivity contribution is 5.96. The molecule has 0 aliphatic heterocycles. The van der Waals surface area contributed by atoms with Gasteiger partial charge in [-0.3, -0.25) is 4.79 Å². The van der Waals surface area contributed by atoms with E-state index in [0.29, 0.717) is 28.6 Å². The molecule has 1 amide bonds. The number of ether oxygens (including phenoxy) is 3. The summed E-state index contributed by atoms with van der Waals surface area (Å²) in [4.78, 5) is 17.0. The number of aromatic nitrogens is 2. The van der Waals surface area contributed by atoms with E-state index >= 15 is 0 Å². The van der Waals surface area contributed by atoms with Gasteiger partial charge in [-0.2, -0.15) is 5.10 Å². The summed E-state index contributed by atoms with van der Waals surface area (Å²) >= 11 is 0. The Balaban J connectivity index is 1.83. The molecule has 0 fully saturated rings. The van der Waals surface area contributed by atoms with E-state index in [1.54, 1.807) is 12.1 Å². The first-order valence-corrected chi connectivity index (χ1v) is 8.71. The number of fused-ring (bicyclic) bond motifs is 1. The van der Waals surface area contributed by atoms with E-state index in [4.69, 9.17) is 14.2 Å². The maximum atomic E-state index is 12.5. The van der Waals surface area contributed by atoms with Crippen LogP contribution in [0.2, 0.25) is 0 Å². The zero-order valence-electron chi connectivity index (χ0n) is 16.2. The smallest absolute Gasteiger partial charge is 0.271 e. The Morgan fingerprint density at radius 2 is 1.82 bits per heavy atom. The van der Waals surface area contributed by atoms with Crippen LogP contribution in [0, 0.1) is 0 Å². The molecule has 0 spiro atoms. The number of imidazole rings is 1. The number of amides is 1. The normalized spacial score (nSPS) is 11.0. The van der Waals surface area contributed by atoms with E-state index in [0.717, 1.165) is 17.6 Å². The van der Waals surface area contributed by atoms with E-state index in [2.05, 4.69) is 15.5 Å². The summed E-state index contributed by atoms with van der Waals surface area (Å²) in [5.41, 5.74) is 4.73. The average Bonchev–Trinajstić information content (AvgIpc) is 3.09. The van der Waals surface area contributed by atoms with Gasteiger partial charge >= 0.3 is 0 Å². The van der Waals surface area contributed by atoms with E-state index in [-0.39, 0.29) is 0 Å². The van der Waals surface area contributed by atoms with Gasteiger partial charge in [-0.25, -0.2) is 10.4 Å². The second-order valence-electron chi connectivity index (χ2n) is 5.82. The summed E-state index contributed by atoms with van der Waals surface area (Å²) in [5, 5.41) is 4.05. The van der Waals surface area contributed by atoms with Gasteiger partial charge in [0.15, 0.2) is 17.3 Å². The van der Waals surface area contributed by atoms with Gasteiger partial charge in [0.25, 0.3) is 5.91 Å². The highest BCUT2D eigenvalue weighted by Crippen LogP contribution is 2.38. The second-order valence-corrected chi connectivity index (χ2v) is 5.82. The van der Waals surface area contributed by atoms with Crippen molar-refractivity contribution in [3.63, 3.8) is 0 Å². The van der Waals surface area contributed by atoms with E-state index in [1.807, 2.05) is 35.8 Å².